The van der Waals surface area contributed by atoms with Gasteiger partial charge in [0.1, 0.15) is 12.4 Å². The minimum absolute atomic E-state index is 0.346. The van der Waals surface area contributed by atoms with Gasteiger partial charge in [0.25, 0.3) is 5.17 Å². The Morgan fingerprint density at radius 2 is 1.73 bits per heavy atom. The Bertz CT molecular complexity index is 683. The Hall–Kier alpha value is -2.07. The van der Waals surface area contributed by atoms with Crippen LogP contribution in [0.4, 0.5) is 5.69 Å². The average Bonchev–Trinajstić information content (AvgIpc) is 2.48. The first-order valence-corrected chi connectivity index (χ1v) is 7.55. The number of nitrogens with one attached hydrogen (secondary N) is 1. The lowest BCUT2D eigenvalue weighted by Crippen LogP contribution is -2.13. The standard InChI is InChI=1S/C18H21NO2S/c1-12-6-8-17(14(3)9-12)21-11-15-7-5-13(2)10-16(15)19-18(22)20-4/h5-10H,11H2,1-4H3,(H,19,22). The number of aryl methyl sites for hydroxylation is 3. The molecule has 1 N–H and O–H groups in total. The van der Waals surface area contributed by atoms with E-state index in [0.717, 1.165) is 28.1 Å². The van der Waals surface area contributed by atoms with Gasteiger partial charge in [-0.05, 0) is 56.2 Å². The van der Waals surface area contributed by atoms with Gasteiger partial charge in [-0.15, -0.1) is 0 Å². The molecule has 0 unspecified atom stereocenters. The topological polar surface area (TPSA) is 30.5 Å². The van der Waals surface area contributed by atoms with Crippen LogP contribution < -0.4 is 10.1 Å². The molecule has 2 aromatic carbocycles. The molecule has 116 valence electrons. The minimum Gasteiger partial charge on any atom is -0.489 e. The molecular weight excluding hydrogens is 294 g/mol. The SMILES string of the molecule is COC(=S)Nc1cc(C)ccc1COc1ccc(C)cc1C. The lowest BCUT2D eigenvalue weighted by Gasteiger charge is -2.15. The molecule has 2 rings (SSSR count). The van der Waals surface area contributed by atoms with Crippen LogP contribution in [0.15, 0.2) is 36.4 Å². The molecule has 0 amide bonds. The Kier molecular flexibility index (Phi) is 5.39. The van der Waals surface area contributed by atoms with Crippen LogP contribution in [-0.4, -0.2) is 12.3 Å². The largest absolute Gasteiger partial charge is 0.489 e. The molecule has 0 spiro atoms. The van der Waals surface area contributed by atoms with Gasteiger partial charge in [0, 0.05) is 11.3 Å². The van der Waals surface area contributed by atoms with Gasteiger partial charge in [0.15, 0.2) is 0 Å². The van der Waals surface area contributed by atoms with Crippen molar-refractivity contribution in [2.24, 2.45) is 0 Å². The molecule has 0 bridgehead atoms. The molecule has 4 heteroatoms. The fourth-order valence-electron chi connectivity index (χ4n) is 2.21. The molecule has 0 aliphatic heterocycles. The molecule has 0 heterocycles. The molecule has 0 atom stereocenters. The Balaban J connectivity index is 2.16. The predicted molar refractivity (Wildman–Crippen MR) is 94.7 cm³/mol. The zero-order valence-electron chi connectivity index (χ0n) is 13.4. The van der Waals surface area contributed by atoms with Gasteiger partial charge in [-0.2, -0.15) is 0 Å². The highest BCUT2D eigenvalue weighted by Crippen LogP contribution is 2.23. The predicted octanol–water partition coefficient (Wildman–Crippen LogP) is 4.53. The second-order valence-electron chi connectivity index (χ2n) is 5.33. The summed E-state index contributed by atoms with van der Waals surface area (Å²) in [5.74, 6) is 0.895. The third kappa shape index (κ3) is 4.21. The van der Waals surface area contributed by atoms with Crippen LogP contribution >= 0.6 is 12.2 Å². The summed E-state index contributed by atoms with van der Waals surface area (Å²) < 4.78 is 11.0. The summed E-state index contributed by atoms with van der Waals surface area (Å²) in [5, 5.41) is 3.44. The molecule has 0 fully saturated rings. The summed E-state index contributed by atoms with van der Waals surface area (Å²) in [4.78, 5) is 0. The molecule has 0 radical (unpaired) electrons. The van der Waals surface area contributed by atoms with E-state index in [1.807, 2.05) is 25.1 Å². The monoisotopic (exact) mass is 315 g/mol. The van der Waals surface area contributed by atoms with Gasteiger partial charge < -0.3 is 14.8 Å². The fourth-order valence-corrected chi connectivity index (χ4v) is 2.32. The van der Waals surface area contributed by atoms with Crippen LogP contribution in [0.5, 0.6) is 5.75 Å². The summed E-state index contributed by atoms with van der Waals surface area (Å²) in [6.07, 6.45) is 0. The summed E-state index contributed by atoms with van der Waals surface area (Å²) in [5.41, 5.74) is 5.46. The first-order valence-electron chi connectivity index (χ1n) is 7.14. The zero-order valence-corrected chi connectivity index (χ0v) is 14.2. The van der Waals surface area contributed by atoms with Crippen LogP contribution in [0.2, 0.25) is 0 Å². The highest BCUT2D eigenvalue weighted by molar-refractivity contribution is 7.80. The highest BCUT2D eigenvalue weighted by atomic mass is 32.1. The number of hydrogen-bond donors (Lipinski definition) is 1. The Morgan fingerprint density at radius 3 is 2.41 bits per heavy atom. The van der Waals surface area contributed by atoms with E-state index in [1.54, 1.807) is 7.11 Å². The summed E-state index contributed by atoms with van der Waals surface area (Å²) in [7, 11) is 1.55. The van der Waals surface area contributed by atoms with Crippen molar-refractivity contribution >= 4 is 23.1 Å². The van der Waals surface area contributed by atoms with Gasteiger partial charge in [-0.25, -0.2) is 0 Å². The molecule has 22 heavy (non-hydrogen) atoms. The van der Waals surface area contributed by atoms with E-state index in [-0.39, 0.29) is 0 Å². The van der Waals surface area contributed by atoms with E-state index >= 15 is 0 Å². The Labute approximate surface area is 137 Å². The molecule has 2 aromatic rings. The molecule has 0 saturated carbocycles. The number of anilines is 1. The quantitative estimate of drug-likeness (QED) is 0.840. The highest BCUT2D eigenvalue weighted by Gasteiger charge is 2.07. The van der Waals surface area contributed by atoms with Crippen molar-refractivity contribution in [2.45, 2.75) is 27.4 Å². The van der Waals surface area contributed by atoms with Crippen molar-refractivity contribution in [1.29, 1.82) is 0 Å². The van der Waals surface area contributed by atoms with Crippen molar-refractivity contribution in [3.8, 4) is 5.75 Å². The fraction of sp³-hybridized carbons (Fsp3) is 0.278. The van der Waals surface area contributed by atoms with E-state index in [1.165, 1.54) is 5.56 Å². The lowest BCUT2D eigenvalue weighted by molar-refractivity contribution is 0.304. The number of rotatable bonds is 4. The van der Waals surface area contributed by atoms with Crippen molar-refractivity contribution in [2.75, 3.05) is 12.4 Å². The maximum absolute atomic E-state index is 5.95. The van der Waals surface area contributed by atoms with Crippen LogP contribution in [0.25, 0.3) is 0 Å². The third-order valence-electron chi connectivity index (χ3n) is 3.40. The smallest absolute Gasteiger partial charge is 0.260 e. The van der Waals surface area contributed by atoms with Crippen LogP contribution in [-0.2, 0) is 11.3 Å². The number of ether oxygens (including phenoxy) is 2. The summed E-state index contributed by atoms with van der Waals surface area (Å²) in [6.45, 7) is 6.63. The van der Waals surface area contributed by atoms with Gasteiger partial charge in [0.05, 0.1) is 7.11 Å². The maximum atomic E-state index is 5.95. The average molecular weight is 315 g/mol. The van der Waals surface area contributed by atoms with Crippen molar-refractivity contribution in [1.82, 2.24) is 0 Å². The number of methoxy groups -OCH3 is 1. The molecular formula is C18H21NO2S. The van der Waals surface area contributed by atoms with Crippen LogP contribution in [0, 0.1) is 20.8 Å². The minimum atomic E-state index is 0.346. The van der Waals surface area contributed by atoms with E-state index in [4.69, 9.17) is 21.7 Å². The summed E-state index contributed by atoms with van der Waals surface area (Å²) >= 11 is 5.08. The van der Waals surface area contributed by atoms with E-state index in [9.17, 15) is 0 Å². The van der Waals surface area contributed by atoms with E-state index in [2.05, 4.69) is 37.4 Å². The summed E-state index contributed by atoms with van der Waals surface area (Å²) in [6, 6.07) is 12.3. The van der Waals surface area contributed by atoms with Crippen LogP contribution in [0.3, 0.4) is 0 Å². The van der Waals surface area contributed by atoms with Gasteiger partial charge >= 0.3 is 0 Å². The van der Waals surface area contributed by atoms with Crippen molar-refractivity contribution in [3.05, 3.63) is 58.7 Å². The first kappa shape index (κ1) is 16.3. The number of benzene rings is 2. The number of thiocarbonyl (C=S) groups is 1. The van der Waals surface area contributed by atoms with Gasteiger partial charge in [-0.1, -0.05) is 29.8 Å². The second-order valence-corrected chi connectivity index (χ2v) is 5.71. The van der Waals surface area contributed by atoms with Crippen LogP contribution in [0.1, 0.15) is 22.3 Å². The lowest BCUT2D eigenvalue weighted by atomic mass is 10.1. The van der Waals surface area contributed by atoms with E-state index in [0.29, 0.717) is 11.8 Å². The molecule has 3 nitrogen and oxygen atoms in total. The second kappa shape index (κ2) is 7.27. The molecule has 0 aliphatic carbocycles. The van der Waals surface area contributed by atoms with Gasteiger partial charge in [-0.3, -0.25) is 0 Å². The van der Waals surface area contributed by atoms with Crippen molar-refractivity contribution in [3.63, 3.8) is 0 Å². The van der Waals surface area contributed by atoms with E-state index < -0.39 is 0 Å². The molecule has 0 aliphatic rings. The normalized spacial score (nSPS) is 10.2. The maximum Gasteiger partial charge on any atom is 0.260 e. The van der Waals surface area contributed by atoms with Crippen molar-refractivity contribution < 1.29 is 9.47 Å². The molecule has 0 saturated heterocycles. The zero-order chi connectivity index (χ0) is 16.1. The molecule has 0 aromatic heterocycles. The Morgan fingerprint density at radius 1 is 1.05 bits per heavy atom. The van der Waals surface area contributed by atoms with Gasteiger partial charge in [0.2, 0.25) is 0 Å². The first-order chi connectivity index (χ1) is 10.5. The third-order valence-corrected chi connectivity index (χ3v) is 3.67. The number of hydrogen-bond acceptors (Lipinski definition) is 3.